The number of guanidine groups is 1. The minimum atomic E-state index is 0.747. The average Bonchev–Trinajstić information content (AvgIpc) is 3.04. The molecule has 0 aliphatic carbocycles. The molecule has 1 unspecified atom stereocenters. The first-order valence-electron chi connectivity index (χ1n) is 8.01. The summed E-state index contributed by atoms with van der Waals surface area (Å²) >= 11 is 2.07. The number of rotatable bonds is 6. The molecule has 0 amide bonds. The first-order chi connectivity index (χ1) is 10.7. The summed E-state index contributed by atoms with van der Waals surface area (Å²) in [6.45, 7) is 1.92. The van der Waals surface area contributed by atoms with Crippen LogP contribution in [0.1, 0.15) is 18.4 Å². The van der Waals surface area contributed by atoms with E-state index < -0.39 is 0 Å². The number of hydrogen-bond acceptors (Lipinski definition) is 3. The van der Waals surface area contributed by atoms with E-state index >= 15 is 0 Å². The second kappa shape index (κ2) is 8.93. The Balaban J connectivity index is 1.69. The summed E-state index contributed by atoms with van der Waals surface area (Å²) in [4.78, 5) is 6.42. The summed E-state index contributed by atoms with van der Waals surface area (Å²) in [5.41, 5.74) is 2.59. The van der Waals surface area contributed by atoms with E-state index in [1.807, 2.05) is 7.05 Å². The normalized spacial score (nSPS) is 18.3. The van der Waals surface area contributed by atoms with Gasteiger partial charge in [-0.2, -0.15) is 11.8 Å². The smallest absolute Gasteiger partial charge is 0.191 e. The van der Waals surface area contributed by atoms with Gasteiger partial charge >= 0.3 is 0 Å². The molecule has 1 fully saturated rings. The SMILES string of the molecule is CN=C(NCCc1ccc(N(C)C)cc1)NCC1CCCS1. The highest BCUT2D eigenvalue weighted by Gasteiger charge is 2.15. The van der Waals surface area contributed by atoms with Crippen LogP contribution in [0.25, 0.3) is 0 Å². The molecule has 0 aromatic heterocycles. The van der Waals surface area contributed by atoms with Crippen molar-refractivity contribution in [1.82, 2.24) is 10.6 Å². The maximum atomic E-state index is 4.30. The van der Waals surface area contributed by atoms with Crippen LogP contribution in [0.2, 0.25) is 0 Å². The maximum Gasteiger partial charge on any atom is 0.191 e. The van der Waals surface area contributed by atoms with Gasteiger partial charge in [-0.1, -0.05) is 12.1 Å². The van der Waals surface area contributed by atoms with Gasteiger partial charge in [0.05, 0.1) is 0 Å². The average molecular weight is 321 g/mol. The zero-order chi connectivity index (χ0) is 15.8. The Morgan fingerprint density at radius 2 is 2.05 bits per heavy atom. The van der Waals surface area contributed by atoms with Gasteiger partial charge < -0.3 is 15.5 Å². The number of aliphatic imine (C=N–C) groups is 1. The van der Waals surface area contributed by atoms with Crippen molar-refractivity contribution in [2.45, 2.75) is 24.5 Å². The van der Waals surface area contributed by atoms with Crippen molar-refractivity contribution in [1.29, 1.82) is 0 Å². The third kappa shape index (κ3) is 5.44. The van der Waals surface area contributed by atoms with E-state index in [0.717, 1.165) is 30.7 Å². The van der Waals surface area contributed by atoms with E-state index in [1.165, 1.54) is 29.8 Å². The molecule has 1 aliphatic rings. The van der Waals surface area contributed by atoms with Gasteiger partial charge in [0, 0.05) is 45.2 Å². The van der Waals surface area contributed by atoms with Crippen molar-refractivity contribution in [2.24, 2.45) is 4.99 Å². The summed E-state index contributed by atoms with van der Waals surface area (Å²) in [6, 6.07) is 8.73. The molecule has 0 spiro atoms. The zero-order valence-corrected chi connectivity index (χ0v) is 14.7. The summed E-state index contributed by atoms with van der Waals surface area (Å²) in [5.74, 6) is 2.22. The largest absolute Gasteiger partial charge is 0.378 e. The Labute approximate surface area is 138 Å². The summed E-state index contributed by atoms with van der Waals surface area (Å²) in [5, 5.41) is 7.58. The van der Waals surface area contributed by atoms with Crippen molar-refractivity contribution < 1.29 is 0 Å². The summed E-state index contributed by atoms with van der Waals surface area (Å²) in [7, 11) is 5.96. The first kappa shape index (κ1) is 17.0. The van der Waals surface area contributed by atoms with Gasteiger partial charge in [0.25, 0.3) is 0 Å². The molecule has 0 bridgehead atoms. The van der Waals surface area contributed by atoms with E-state index in [0.29, 0.717) is 0 Å². The number of benzene rings is 1. The minimum Gasteiger partial charge on any atom is -0.378 e. The van der Waals surface area contributed by atoms with Crippen molar-refractivity contribution in [2.75, 3.05) is 44.9 Å². The van der Waals surface area contributed by atoms with Crippen LogP contribution in [0.5, 0.6) is 0 Å². The van der Waals surface area contributed by atoms with E-state index in [1.54, 1.807) is 0 Å². The molecule has 2 N–H and O–H groups in total. The maximum absolute atomic E-state index is 4.30. The predicted octanol–water partition coefficient (Wildman–Crippen LogP) is 2.36. The molecule has 1 aromatic rings. The second-order valence-corrected chi connectivity index (χ2v) is 7.23. The van der Waals surface area contributed by atoms with Gasteiger partial charge in [-0.15, -0.1) is 0 Å². The highest BCUT2D eigenvalue weighted by atomic mass is 32.2. The fourth-order valence-corrected chi connectivity index (χ4v) is 3.72. The van der Waals surface area contributed by atoms with E-state index in [9.17, 15) is 0 Å². The molecular formula is C17H28N4S. The lowest BCUT2D eigenvalue weighted by Crippen LogP contribution is -2.40. The zero-order valence-electron chi connectivity index (χ0n) is 13.9. The number of thioether (sulfide) groups is 1. The van der Waals surface area contributed by atoms with Crippen LogP contribution < -0.4 is 15.5 Å². The lowest BCUT2D eigenvalue weighted by atomic mass is 10.1. The van der Waals surface area contributed by atoms with Gasteiger partial charge in [-0.05, 0) is 42.7 Å². The molecule has 1 saturated heterocycles. The summed E-state index contributed by atoms with van der Waals surface area (Å²) < 4.78 is 0. The fourth-order valence-electron chi connectivity index (χ4n) is 2.52. The Morgan fingerprint density at radius 1 is 1.27 bits per heavy atom. The Morgan fingerprint density at radius 3 is 2.64 bits per heavy atom. The lowest BCUT2D eigenvalue weighted by molar-refractivity contribution is 0.724. The van der Waals surface area contributed by atoms with Crippen LogP contribution in [0.15, 0.2) is 29.3 Å². The predicted molar refractivity (Wildman–Crippen MR) is 99.3 cm³/mol. The van der Waals surface area contributed by atoms with Gasteiger partial charge in [0.2, 0.25) is 0 Å². The highest BCUT2D eigenvalue weighted by molar-refractivity contribution is 8.00. The monoisotopic (exact) mass is 320 g/mol. The van der Waals surface area contributed by atoms with E-state index in [-0.39, 0.29) is 0 Å². The lowest BCUT2D eigenvalue weighted by Gasteiger charge is -2.15. The third-order valence-corrected chi connectivity index (χ3v) is 5.30. The van der Waals surface area contributed by atoms with Crippen molar-refractivity contribution in [3.05, 3.63) is 29.8 Å². The minimum absolute atomic E-state index is 0.747. The highest BCUT2D eigenvalue weighted by Crippen LogP contribution is 2.25. The molecule has 1 aliphatic heterocycles. The Bertz CT molecular complexity index is 464. The molecule has 0 radical (unpaired) electrons. The molecule has 4 nitrogen and oxygen atoms in total. The molecule has 1 aromatic carbocycles. The van der Waals surface area contributed by atoms with Crippen molar-refractivity contribution >= 4 is 23.4 Å². The molecular weight excluding hydrogens is 292 g/mol. The number of nitrogens with one attached hydrogen (secondary N) is 2. The second-order valence-electron chi connectivity index (χ2n) is 5.83. The van der Waals surface area contributed by atoms with Crippen LogP contribution in [0.4, 0.5) is 5.69 Å². The number of nitrogens with zero attached hydrogens (tertiary/aromatic N) is 2. The van der Waals surface area contributed by atoms with Gasteiger partial charge in [-0.3, -0.25) is 4.99 Å². The molecule has 122 valence electrons. The van der Waals surface area contributed by atoms with Crippen molar-refractivity contribution in [3.63, 3.8) is 0 Å². The van der Waals surface area contributed by atoms with Gasteiger partial charge in [-0.25, -0.2) is 0 Å². The molecule has 22 heavy (non-hydrogen) atoms. The number of hydrogen-bond donors (Lipinski definition) is 2. The van der Waals surface area contributed by atoms with Gasteiger partial charge in [0.1, 0.15) is 0 Å². The van der Waals surface area contributed by atoms with Crippen LogP contribution in [0.3, 0.4) is 0 Å². The third-order valence-electron chi connectivity index (χ3n) is 3.90. The Kier molecular flexibility index (Phi) is 6.90. The Hall–Kier alpha value is -1.36. The van der Waals surface area contributed by atoms with E-state index in [2.05, 4.69) is 70.6 Å². The molecule has 1 heterocycles. The molecule has 0 saturated carbocycles. The number of anilines is 1. The van der Waals surface area contributed by atoms with Crippen LogP contribution in [0, 0.1) is 0 Å². The van der Waals surface area contributed by atoms with Crippen LogP contribution in [-0.2, 0) is 6.42 Å². The standard InChI is InChI=1S/C17H28N4S/c1-18-17(20-13-16-5-4-12-22-16)19-11-10-14-6-8-15(9-7-14)21(2)3/h6-9,16H,4-5,10-13H2,1-3H3,(H2,18,19,20). The quantitative estimate of drug-likeness (QED) is 0.623. The van der Waals surface area contributed by atoms with Crippen LogP contribution in [-0.4, -0.2) is 51.2 Å². The fraction of sp³-hybridized carbons (Fsp3) is 0.588. The molecule has 2 rings (SSSR count). The van der Waals surface area contributed by atoms with Crippen LogP contribution >= 0.6 is 11.8 Å². The van der Waals surface area contributed by atoms with E-state index in [4.69, 9.17) is 0 Å². The molecule has 1 atom stereocenters. The first-order valence-corrected chi connectivity index (χ1v) is 9.06. The van der Waals surface area contributed by atoms with Gasteiger partial charge in [0.15, 0.2) is 5.96 Å². The topological polar surface area (TPSA) is 39.7 Å². The summed E-state index contributed by atoms with van der Waals surface area (Å²) in [6.07, 6.45) is 3.69. The van der Waals surface area contributed by atoms with Crippen molar-refractivity contribution in [3.8, 4) is 0 Å². The molecule has 5 heteroatoms.